The molecule has 1 unspecified atom stereocenters. The van der Waals surface area contributed by atoms with Gasteiger partial charge in [-0.05, 0) is 51.4 Å². The number of carbonyl (C=O) groups is 2. The van der Waals surface area contributed by atoms with Gasteiger partial charge in [-0.15, -0.1) is 0 Å². The Kier molecular flexibility index (Phi) is 6.02. The summed E-state index contributed by atoms with van der Waals surface area (Å²) < 4.78 is 0. The molecule has 0 spiro atoms. The minimum Gasteiger partial charge on any atom is -0.339 e. The van der Waals surface area contributed by atoms with Gasteiger partial charge in [0.1, 0.15) is 0 Å². The van der Waals surface area contributed by atoms with E-state index in [-0.39, 0.29) is 23.9 Å². The van der Waals surface area contributed by atoms with Crippen LogP contribution in [0.4, 0.5) is 5.69 Å². The topological polar surface area (TPSA) is 61.4 Å². The molecule has 1 heterocycles. The van der Waals surface area contributed by atoms with Crippen molar-refractivity contribution in [3.63, 3.8) is 0 Å². The van der Waals surface area contributed by atoms with Gasteiger partial charge < -0.3 is 15.5 Å². The van der Waals surface area contributed by atoms with Gasteiger partial charge in [0.2, 0.25) is 5.91 Å². The van der Waals surface area contributed by atoms with Crippen molar-refractivity contribution in [1.29, 1.82) is 0 Å². The van der Waals surface area contributed by atoms with Crippen LogP contribution in [0.15, 0.2) is 18.2 Å². The van der Waals surface area contributed by atoms with E-state index in [9.17, 15) is 9.59 Å². The average Bonchev–Trinajstić information content (AvgIpc) is 3.00. The van der Waals surface area contributed by atoms with E-state index in [1.165, 1.54) is 0 Å². The maximum absolute atomic E-state index is 12.4. The lowest BCUT2D eigenvalue weighted by Crippen LogP contribution is -2.33. The van der Waals surface area contributed by atoms with Gasteiger partial charge in [0.15, 0.2) is 0 Å². The molecule has 0 aromatic heterocycles. The third-order valence-corrected chi connectivity index (χ3v) is 4.51. The van der Waals surface area contributed by atoms with Crippen LogP contribution in [0.1, 0.15) is 43.5 Å². The molecule has 2 amide bonds. The zero-order valence-electron chi connectivity index (χ0n) is 13.9. The van der Waals surface area contributed by atoms with Crippen LogP contribution in [0.5, 0.6) is 0 Å². The van der Waals surface area contributed by atoms with Crippen molar-refractivity contribution in [3.05, 3.63) is 28.8 Å². The molecule has 23 heavy (non-hydrogen) atoms. The predicted molar refractivity (Wildman–Crippen MR) is 93.0 cm³/mol. The summed E-state index contributed by atoms with van der Waals surface area (Å²) in [6.45, 7) is 4.86. The van der Waals surface area contributed by atoms with Gasteiger partial charge in [-0.3, -0.25) is 9.59 Å². The SMILES string of the molecule is CC(C)N(C)C(=O)c1ccc(Cl)c(NC(=O)CC2CCCN2)c1. The van der Waals surface area contributed by atoms with Gasteiger partial charge in [0, 0.05) is 31.1 Å². The summed E-state index contributed by atoms with van der Waals surface area (Å²) in [7, 11) is 1.76. The van der Waals surface area contributed by atoms with Crippen LogP contribution in [0, 0.1) is 0 Å². The van der Waals surface area contributed by atoms with E-state index in [4.69, 9.17) is 11.6 Å². The lowest BCUT2D eigenvalue weighted by atomic mass is 10.1. The summed E-state index contributed by atoms with van der Waals surface area (Å²) >= 11 is 6.15. The number of anilines is 1. The molecule has 2 rings (SSSR count). The zero-order chi connectivity index (χ0) is 17.0. The van der Waals surface area contributed by atoms with Crippen LogP contribution in [-0.4, -0.2) is 42.4 Å². The van der Waals surface area contributed by atoms with Crippen molar-refractivity contribution < 1.29 is 9.59 Å². The Morgan fingerprint density at radius 3 is 2.78 bits per heavy atom. The van der Waals surface area contributed by atoms with E-state index >= 15 is 0 Å². The summed E-state index contributed by atoms with van der Waals surface area (Å²) in [5.74, 6) is -0.183. The molecule has 1 atom stereocenters. The fraction of sp³-hybridized carbons (Fsp3) is 0.529. The Morgan fingerprint density at radius 1 is 1.43 bits per heavy atom. The Morgan fingerprint density at radius 2 is 2.17 bits per heavy atom. The van der Waals surface area contributed by atoms with Crippen molar-refractivity contribution in [2.24, 2.45) is 0 Å². The molecule has 1 aliphatic heterocycles. The number of nitrogens with one attached hydrogen (secondary N) is 2. The van der Waals surface area contributed by atoms with Crippen LogP contribution >= 0.6 is 11.6 Å². The van der Waals surface area contributed by atoms with Crippen LogP contribution in [0.3, 0.4) is 0 Å². The molecule has 0 saturated carbocycles. The zero-order valence-corrected chi connectivity index (χ0v) is 14.6. The molecule has 5 nitrogen and oxygen atoms in total. The van der Waals surface area contributed by atoms with Crippen molar-refractivity contribution in [2.45, 2.75) is 45.2 Å². The molecular weight excluding hydrogens is 314 g/mol. The van der Waals surface area contributed by atoms with Crippen LogP contribution < -0.4 is 10.6 Å². The van der Waals surface area contributed by atoms with Crippen molar-refractivity contribution in [1.82, 2.24) is 10.2 Å². The third kappa shape index (κ3) is 4.69. The molecule has 0 radical (unpaired) electrons. The van der Waals surface area contributed by atoms with E-state index in [1.807, 2.05) is 13.8 Å². The predicted octanol–water partition coefficient (Wildman–Crippen LogP) is 2.90. The molecule has 1 saturated heterocycles. The lowest BCUT2D eigenvalue weighted by Gasteiger charge is -2.22. The highest BCUT2D eigenvalue weighted by Gasteiger charge is 2.19. The number of nitrogens with zero attached hydrogens (tertiary/aromatic N) is 1. The summed E-state index contributed by atoms with van der Waals surface area (Å²) in [6.07, 6.45) is 2.53. The number of benzene rings is 1. The smallest absolute Gasteiger partial charge is 0.253 e. The minimum atomic E-state index is -0.0929. The molecular formula is C17H24ClN3O2. The fourth-order valence-corrected chi connectivity index (χ4v) is 2.71. The average molecular weight is 338 g/mol. The number of hydrogen-bond donors (Lipinski definition) is 2. The monoisotopic (exact) mass is 337 g/mol. The molecule has 0 aliphatic carbocycles. The Balaban J connectivity index is 2.07. The maximum atomic E-state index is 12.4. The number of amides is 2. The third-order valence-electron chi connectivity index (χ3n) is 4.18. The molecule has 1 aromatic carbocycles. The molecule has 1 aromatic rings. The number of halogens is 1. The van der Waals surface area contributed by atoms with Crippen LogP contribution in [0.2, 0.25) is 5.02 Å². The van der Waals surface area contributed by atoms with Crippen molar-refractivity contribution >= 4 is 29.1 Å². The summed E-state index contributed by atoms with van der Waals surface area (Å²) in [4.78, 5) is 26.2. The van der Waals surface area contributed by atoms with Gasteiger partial charge in [-0.25, -0.2) is 0 Å². The molecule has 126 valence electrons. The van der Waals surface area contributed by atoms with Crippen molar-refractivity contribution in [2.75, 3.05) is 18.9 Å². The summed E-state index contributed by atoms with van der Waals surface area (Å²) in [5, 5.41) is 6.54. The molecule has 1 aliphatic rings. The van der Waals surface area contributed by atoms with Gasteiger partial charge in [-0.1, -0.05) is 11.6 Å². The molecule has 0 bridgehead atoms. The second kappa shape index (κ2) is 7.79. The highest BCUT2D eigenvalue weighted by atomic mass is 35.5. The molecule has 2 N–H and O–H groups in total. The first-order valence-electron chi connectivity index (χ1n) is 7.98. The highest BCUT2D eigenvalue weighted by molar-refractivity contribution is 6.33. The Bertz CT molecular complexity index is 583. The second-order valence-corrected chi connectivity index (χ2v) is 6.66. The van der Waals surface area contributed by atoms with E-state index in [1.54, 1.807) is 30.1 Å². The summed E-state index contributed by atoms with van der Waals surface area (Å²) in [5.41, 5.74) is 0.998. The Labute approximate surface area is 142 Å². The molecule has 1 fully saturated rings. The van der Waals surface area contributed by atoms with E-state index in [0.29, 0.717) is 22.7 Å². The lowest BCUT2D eigenvalue weighted by molar-refractivity contribution is -0.116. The van der Waals surface area contributed by atoms with Crippen LogP contribution in [0.25, 0.3) is 0 Å². The van der Waals surface area contributed by atoms with E-state index in [0.717, 1.165) is 19.4 Å². The number of hydrogen-bond acceptors (Lipinski definition) is 3. The first kappa shape index (κ1) is 17.8. The van der Waals surface area contributed by atoms with Crippen LogP contribution in [-0.2, 0) is 4.79 Å². The highest BCUT2D eigenvalue weighted by Crippen LogP contribution is 2.24. The minimum absolute atomic E-state index is 0.0897. The van der Waals surface area contributed by atoms with Gasteiger partial charge in [-0.2, -0.15) is 0 Å². The van der Waals surface area contributed by atoms with E-state index < -0.39 is 0 Å². The second-order valence-electron chi connectivity index (χ2n) is 6.25. The van der Waals surface area contributed by atoms with Gasteiger partial charge >= 0.3 is 0 Å². The normalized spacial score (nSPS) is 17.3. The Hall–Kier alpha value is -1.59. The number of rotatable bonds is 5. The summed E-state index contributed by atoms with van der Waals surface area (Å²) in [6, 6.07) is 5.29. The molecule has 6 heteroatoms. The fourth-order valence-electron chi connectivity index (χ4n) is 2.55. The first-order chi connectivity index (χ1) is 10.9. The van der Waals surface area contributed by atoms with Crippen molar-refractivity contribution in [3.8, 4) is 0 Å². The van der Waals surface area contributed by atoms with Gasteiger partial charge in [0.25, 0.3) is 5.91 Å². The largest absolute Gasteiger partial charge is 0.339 e. The number of carbonyl (C=O) groups excluding carboxylic acids is 2. The first-order valence-corrected chi connectivity index (χ1v) is 8.36. The maximum Gasteiger partial charge on any atom is 0.253 e. The standard InChI is InChI=1S/C17H24ClN3O2/c1-11(2)21(3)17(23)12-6-7-14(18)15(9-12)20-16(22)10-13-5-4-8-19-13/h6-7,9,11,13,19H,4-5,8,10H2,1-3H3,(H,20,22). The quantitative estimate of drug-likeness (QED) is 0.868. The van der Waals surface area contributed by atoms with Gasteiger partial charge in [0.05, 0.1) is 10.7 Å². The van der Waals surface area contributed by atoms with E-state index in [2.05, 4.69) is 10.6 Å².